The van der Waals surface area contributed by atoms with Gasteiger partial charge in [0.25, 0.3) is 5.69 Å². The fourth-order valence-electron chi connectivity index (χ4n) is 3.26. The molecule has 0 radical (unpaired) electrons. The molecule has 0 aromatic heterocycles. The van der Waals surface area contributed by atoms with Gasteiger partial charge in [-0.3, -0.25) is 15.0 Å². The van der Waals surface area contributed by atoms with E-state index in [2.05, 4.69) is 4.72 Å². The number of methoxy groups -OCH3 is 1. The van der Waals surface area contributed by atoms with Crippen molar-refractivity contribution in [1.82, 2.24) is 9.62 Å². The highest BCUT2D eigenvalue weighted by atomic mass is 32.2. The number of amides is 1. The first-order valence-electron chi connectivity index (χ1n) is 9.70. The molecule has 32 heavy (non-hydrogen) atoms. The van der Waals surface area contributed by atoms with Gasteiger partial charge in [0.2, 0.25) is 10.0 Å². The van der Waals surface area contributed by atoms with Crippen LogP contribution >= 0.6 is 0 Å². The summed E-state index contributed by atoms with van der Waals surface area (Å²) in [5.41, 5.74) is 0.593. The maximum absolute atomic E-state index is 12.8. The van der Waals surface area contributed by atoms with Crippen molar-refractivity contribution in [3.05, 3.63) is 82.4 Å². The number of nitrogens with one attached hydrogen (secondary N) is 1. The third-order valence-electron chi connectivity index (χ3n) is 5.02. The number of carbonyl (C=O) groups is 1. The average molecular weight is 461 g/mol. The van der Waals surface area contributed by atoms with Gasteiger partial charge in [0.1, 0.15) is 6.61 Å². The van der Waals surface area contributed by atoms with Crippen LogP contribution in [0.5, 0.6) is 0 Å². The minimum atomic E-state index is -4.01. The van der Waals surface area contributed by atoms with E-state index in [4.69, 9.17) is 9.47 Å². The second-order valence-corrected chi connectivity index (χ2v) is 8.81. The number of benzene rings is 2. The number of ether oxygens (including phenoxy) is 2. The molecular formula is C21H23N3O7S. The quantitative estimate of drug-likeness (QED) is 0.381. The molecule has 0 saturated heterocycles. The van der Waals surface area contributed by atoms with Gasteiger partial charge >= 0.3 is 6.09 Å². The van der Waals surface area contributed by atoms with Crippen LogP contribution in [0.1, 0.15) is 12.5 Å². The molecule has 2 aromatic rings. The minimum absolute atomic E-state index is 0.0578. The van der Waals surface area contributed by atoms with Crippen LogP contribution in [0.2, 0.25) is 0 Å². The third-order valence-corrected chi connectivity index (χ3v) is 6.50. The summed E-state index contributed by atoms with van der Waals surface area (Å²) < 4.78 is 38.8. The first-order chi connectivity index (χ1) is 15.2. The summed E-state index contributed by atoms with van der Waals surface area (Å²) >= 11 is 0. The Hall–Kier alpha value is -3.28. The summed E-state index contributed by atoms with van der Waals surface area (Å²) in [5, 5.41) is 10.8. The number of nitro groups is 1. The van der Waals surface area contributed by atoms with Crippen molar-refractivity contribution >= 4 is 21.8 Å². The Morgan fingerprint density at radius 2 is 1.78 bits per heavy atom. The van der Waals surface area contributed by atoms with Gasteiger partial charge in [-0.1, -0.05) is 36.4 Å². The highest BCUT2D eigenvalue weighted by molar-refractivity contribution is 7.89. The number of carbonyl (C=O) groups excluding carboxylic acids is 1. The highest BCUT2D eigenvalue weighted by Crippen LogP contribution is 2.22. The van der Waals surface area contributed by atoms with E-state index in [1.165, 1.54) is 12.0 Å². The van der Waals surface area contributed by atoms with Crippen LogP contribution < -0.4 is 4.72 Å². The molecule has 0 aliphatic carbocycles. The van der Waals surface area contributed by atoms with Crippen molar-refractivity contribution in [3.8, 4) is 0 Å². The molecule has 3 atom stereocenters. The number of hydrogen-bond acceptors (Lipinski definition) is 7. The van der Waals surface area contributed by atoms with Gasteiger partial charge in [0.15, 0.2) is 6.23 Å². The highest BCUT2D eigenvalue weighted by Gasteiger charge is 2.37. The number of nitro benzene ring substituents is 1. The van der Waals surface area contributed by atoms with Crippen molar-refractivity contribution < 1.29 is 27.6 Å². The van der Waals surface area contributed by atoms with E-state index >= 15 is 0 Å². The predicted molar refractivity (Wildman–Crippen MR) is 115 cm³/mol. The lowest BCUT2D eigenvalue weighted by Gasteiger charge is -2.39. The van der Waals surface area contributed by atoms with Gasteiger partial charge in [0.05, 0.1) is 21.9 Å². The molecule has 1 N–H and O–H groups in total. The molecule has 0 saturated carbocycles. The van der Waals surface area contributed by atoms with Gasteiger partial charge < -0.3 is 9.47 Å². The smallest absolute Gasteiger partial charge is 0.412 e. The number of sulfonamides is 1. The van der Waals surface area contributed by atoms with Crippen LogP contribution in [0.25, 0.3) is 0 Å². The van der Waals surface area contributed by atoms with Crippen LogP contribution in [-0.2, 0) is 26.1 Å². The number of hydrogen-bond donors (Lipinski definition) is 1. The van der Waals surface area contributed by atoms with Gasteiger partial charge in [-0.15, -0.1) is 0 Å². The molecule has 170 valence electrons. The number of nitrogens with zero attached hydrogens (tertiary/aromatic N) is 2. The SMILES string of the molecule is CO[C@@H]1C=C[C@H](NS(=O)(=O)c2ccc([N+](=O)[O-])cc2)[C@@H](C)N1C(=O)OCc1ccccc1. The van der Waals surface area contributed by atoms with Crippen LogP contribution in [-0.4, -0.2) is 49.8 Å². The lowest BCUT2D eigenvalue weighted by Crippen LogP contribution is -2.57. The molecule has 10 nitrogen and oxygen atoms in total. The maximum Gasteiger partial charge on any atom is 0.412 e. The molecule has 0 fully saturated rings. The molecule has 1 amide bonds. The molecule has 0 spiro atoms. The zero-order valence-electron chi connectivity index (χ0n) is 17.5. The first kappa shape index (κ1) is 23.4. The number of rotatable bonds is 7. The van der Waals surface area contributed by atoms with Crippen LogP contribution in [0.15, 0.2) is 71.6 Å². The van der Waals surface area contributed by atoms with E-state index < -0.39 is 39.4 Å². The summed E-state index contributed by atoms with van der Waals surface area (Å²) in [5.74, 6) is 0. The van der Waals surface area contributed by atoms with Gasteiger partial charge in [0, 0.05) is 19.2 Å². The summed E-state index contributed by atoms with van der Waals surface area (Å²) in [6.45, 7) is 1.73. The molecule has 1 aliphatic heterocycles. The van der Waals surface area contributed by atoms with E-state index in [-0.39, 0.29) is 17.2 Å². The van der Waals surface area contributed by atoms with Crippen molar-refractivity contribution in [2.75, 3.05) is 7.11 Å². The zero-order chi connectivity index (χ0) is 23.3. The first-order valence-corrected chi connectivity index (χ1v) is 11.2. The Morgan fingerprint density at radius 1 is 1.12 bits per heavy atom. The molecule has 2 aromatic carbocycles. The van der Waals surface area contributed by atoms with E-state index in [1.807, 2.05) is 30.3 Å². The Morgan fingerprint density at radius 3 is 2.38 bits per heavy atom. The Kier molecular flexibility index (Phi) is 7.23. The van der Waals surface area contributed by atoms with Crippen LogP contribution in [0.4, 0.5) is 10.5 Å². The van der Waals surface area contributed by atoms with E-state index in [9.17, 15) is 23.3 Å². The molecule has 1 aliphatic rings. The van der Waals surface area contributed by atoms with E-state index in [0.717, 1.165) is 29.8 Å². The lowest BCUT2D eigenvalue weighted by molar-refractivity contribution is -0.384. The van der Waals surface area contributed by atoms with Crippen molar-refractivity contribution in [2.24, 2.45) is 0 Å². The fourth-order valence-corrected chi connectivity index (χ4v) is 4.53. The summed E-state index contributed by atoms with van der Waals surface area (Å²) in [6.07, 6.45) is 1.78. The second-order valence-electron chi connectivity index (χ2n) is 7.10. The molecule has 1 heterocycles. The number of non-ortho nitro benzene ring substituents is 1. The summed E-state index contributed by atoms with van der Waals surface area (Å²) in [4.78, 5) is 24.1. The molecule has 3 rings (SSSR count). The molecular weight excluding hydrogens is 438 g/mol. The van der Waals surface area contributed by atoms with Crippen molar-refractivity contribution in [2.45, 2.75) is 36.7 Å². The minimum Gasteiger partial charge on any atom is -0.444 e. The average Bonchev–Trinajstić information content (AvgIpc) is 2.79. The molecule has 11 heteroatoms. The van der Waals surface area contributed by atoms with Gasteiger partial charge in [-0.25, -0.2) is 17.9 Å². The largest absolute Gasteiger partial charge is 0.444 e. The lowest BCUT2D eigenvalue weighted by atomic mass is 10.0. The Balaban J connectivity index is 1.74. The summed E-state index contributed by atoms with van der Waals surface area (Å²) in [6, 6.07) is 12.3. The van der Waals surface area contributed by atoms with Gasteiger partial charge in [-0.05, 0) is 30.7 Å². The Bertz CT molecular complexity index is 1090. The van der Waals surface area contributed by atoms with Crippen molar-refractivity contribution in [1.29, 1.82) is 0 Å². The van der Waals surface area contributed by atoms with Gasteiger partial charge in [-0.2, -0.15) is 0 Å². The summed E-state index contributed by atoms with van der Waals surface area (Å²) in [7, 11) is -2.58. The molecule has 0 unspecified atom stereocenters. The Labute approximate surface area is 185 Å². The third kappa shape index (κ3) is 5.31. The molecule has 0 bridgehead atoms. The second kappa shape index (κ2) is 9.90. The van der Waals surface area contributed by atoms with Crippen LogP contribution in [0.3, 0.4) is 0 Å². The standard InChI is InChI=1S/C21H23N3O7S/c1-15-19(22-32(28,29)18-10-8-17(9-11-18)24(26)27)12-13-20(30-2)23(15)21(25)31-14-16-6-4-3-5-7-16/h3-13,15,19-20,22H,14H2,1-2H3/t15-,19+,20-/m1/s1. The van der Waals surface area contributed by atoms with Crippen LogP contribution in [0, 0.1) is 10.1 Å². The monoisotopic (exact) mass is 461 g/mol. The maximum atomic E-state index is 12.8. The van der Waals surface area contributed by atoms with Crippen molar-refractivity contribution in [3.63, 3.8) is 0 Å². The van der Waals surface area contributed by atoms with E-state index in [1.54, 1.807) is 19.1 Å². The van der Waals surface area contributed by atoms with E-state index in [0.29, 0.717) is 0 Å². The topological polar surface area (TPSA) is 128 Å². The predicted octanol–water partition coefficient (Wildman–Crippen LogP) is 2.81. The fraction of sp³-hybridized carbons (Fsp3) is 0.286. The zero-order valence-corrected chi connectivity index (χ0v) is 18.3. The normalized spacial score (nSPS) is 20.7.